The number of ether oxygens (including phenoxy) is 1. The lowest BCUT2D eigenvalue weighted by atomic mass is 10.1. The average Bonchev–Trinajstić information content (AvgIpc) is 2.63. The number of nitrogens with one attached hydrogen (secondary N) is 1. The number of rotatable bonds is 6. The van der Waals surface area contributed by atoms with Gasteiger partial charge in [-0.25, -0.2) is 0 Å². The van der Waals surface area contributed by atoms with Crippen LogP contribution in [0, 0.1) is 13.8 Å². The molecule has 3 aromatic rings. The van der Waals surface area contributed by atoms with Crippen molar-refractivity contribution in [2.75, 3.05) is 5.32 Å². The van der Waals surface area contributed by atoms with E-state index in [9.17, 15) is 0 Å². The van der Waals surface area contributed by atoms with E-state index in [4.69, 9.17) is 16.3 Å². The first-order valence-corrected chi connectivity index (χ1v) is 9.66. The Morgan fingerprint density at radius 1 is 0.962 bits per heavy atom. The van der Waals surface area contributed by atoms with Crippen LogP contribution in [0.4, 0.5) is 5.69 Å². The van der Waals surface area contributed by atoms with E-state index in [0.717, 1.165) is 27.4 Å². The molecule has 0 aromatic heterocycles. The third-order valence-electron chi connectivity index (χ3n) is 4.39. The Bertz CT molecular complexity index is 893. The highest BCUT2D eigenvalue weighted by Crippen LogP contribution is 2.28. The van der Waals surface area contributed by atoms with E-state index in [1.165, 1.54) is 22.4 Å². The lowest BCUT2D eigenvalue weighted by molar-refractivity contribution is 0.304. The summed E-state index contributed by atoms with van der Waals surface area (Å²) in [7, 11) is 0. The number of hydrogen-bond acceptors (Lipinski definition) is 2. The highest BCUT2D eigenvalue weighted by atomic mass is 79.9. The summed E-state index contributed by atoms with van der Waals surface area (Å²) in [6, 6.07) is 20.2. The molecule has 0 fully saturated rings. The molecule has 26 heavy (non-hydrogen) atoms. The first-order valence-electron chi connectivity index (χ1n) is 8.48. The molecular weight excluding hydrogens is 410 g/mol. The molecule has 134 valence electrons. The van der Waals surface area contributed by atoms with Gasteiger partial charge in [-0.15, -0.1) is 0 Å². The summed E-state index contributed by atoms with van der Waals surface area (Å²) in [6.45, 7) is 5.54. The normalized spacial score (nSPS) is 10.6. The number of benzene rings is 3. The van der Waals surface area contributed by atoms with Gasteiger partial charge in [0.1, 0.15) is 12.4 Å². The molecule has 0 spiro atoms. The molecule has 0 bridgehead atoms. The first-order chi connectivity index (χ1) is 12.5. The molecule has 3 aromatic carbocycles. The predicted molar refractivity (Wildman–Crippen MR) is 113 cm³/mol. The van der Waals surface area contributed by atoms with Crippen LogP contribution in [0.5, 0.6) is 5.75 Å². The van der Waals surface area contributed by atoms with E-state index in [-0.39, 0.29) is 0 Å². The molecule has 0 heterocycles. The van der Waals surface area contributed by atoms with Gasteiger partial charge >= 0.3 is 0 Å². The minimum atomic E-state index is 0.510. The third kappa shape index (κ3) is 4.80. The molecule has 4 heteroatoms. The maximum Gasteiger partial charge on any atom is 0.134 e. The van der Waals surface area contributed by atoms with Crippen molar-refractivity contribution >= 4 is 33.2 Å². The van der Waals surface area contributed by atoms with Gasteiger partial charge in [-0.1, -0.05) is 41.9 Å². The van der Waals surface area contributed by atoms with Gasteiger partial charge in [0.25, 0.3) is 0 Å². The molecule has 0 aliphatic rings. The zero-order chi connectivity index (χ0) is 18.5. The highest BCUT2D eigenvalue weighted by molar-refractivity contribution is 9.10. The van der Waals surface area contributed by atoms with Gasteiger partial charge in [-0.2, -0.15) is 0 Å². The van der Waals surface area contributed by atoms with Gasteiger partial charge < -0.3 is 10.1 Å². The van der Waals surface area contributed by atoms with E-state index in [0.29, 0.717) is 6.61 Å². The molecule has 1 N–H and O–H groups in total. The zero-order valence-electron chi connectivity index (χ0n) is 14.9. The van der Waals surface area contributed by atoms with Gasteiger partial charge in [-0.3, -0.25) is 0 Å². The second-order valence-corrected chi connectivity index (χ2v) is 7.57. The minimum absolute atomic E-state index is 0.510. The second kappa shape index (κ2) is 8.61. The van der Waals surface area contributed by atoms with Crippen LogP contribution in [-0.4, -0.2) is 0 Å². The van der Waals surface area contributed by atoms with E-state index >= 15 is 0 Å². The largest absolute Gasteiger partial charge is 0.488 e. The summed E-state index contributed by atoms with van der Waals surface area (Å²) in [4.78, 5) is 0. The van der Waals surface area contributed by atoms with Crippen LogP contribution in [0.2, 0.25) is 5.02 Å². The molecule has 0 radical (unpaired) electrons. The van der Waals surface area contributed by atoms with Gasteiger partial charge in [-0.05, 0) is 82.4 Å². The lowest BCUT2D eigenvalue weighted by Crippen LogP contribution is -2.02. The van der Waals surface area contributed by atoms with Crippen molar-refractivity contribution in [2.24, 2.45) is 0 Å². The van der Waals surface area contributed by atoms with Gasteiger partial charge in [0.15, 0.2) is 0 Å². The van der Waals surface area contributed by atoms with Crippen LogP contribution in [-0.2, 0) is 13.2 Å². The standard InChI is InChI=1S/C22H21BrClNO/c1-15-4-3-5-21(16(15)2)25-13-18-8-11-22(20(23)12-18)26-14-17-6-9-19(24)10-7-17/h3-12,25H,13-14H2,1-2H3. The fourth-order valence-corrected chi connectivity index (χ4v) is 3.32. The van der Waals surface area contributed by atoms with Crippen LogP contribution >= 0.6 is 27.5 Å². The fraction of sp³-hybridized carbons (Fsp3) is 0.182. The fourth-order valence-electron chi connectivity index (χ4n) is 2.65. The summed E-state index contributed by atoms with van der Waals surface area (Å²) < 4.78 is 6.86. The van der Waals surface area contributed by atoms with Gasteiger partial charge in [0, 0.05) is 17.3 Å². The summed E-state index contributed by atoms with van der Waals surface area (Å²) in [5, 5.41) is 4.24. The quantitative estimate of drug-likeness (QED) is 0.458. The Morgan fingerprint density at radius 2 is 1.69 bits per heavy atom. The van der Waals surface area contributed by atoms with E-state index < -0.39 is 0 Å². The molecule has 2 nitrogen and oxygen atoms in total. The van der Waals surface area contributed by atoms with Crippen LogP contribution in [0.3, 0.4) is 0 Å². The molecule has 0 atom stereocenters. The number of anilines is 1. The summed E-state index contributed by atoms with van der Waals surface area (Å²) >= 11 is 9.52. The van der Waals surface area contributed by atoms with Crippen molar-refractivity contribution in [2.45, 2.75) is 27.0 Å². The predicted octanol–water partition coefficient (Wildman–Crippen LogP) is 6.91. The Kier molecular flexibility index (Phi) is 6.23. The SMILES string of the molecule is Cc1cccc(NCc2ccc(OCc3ccc(Cl)cc3)c(Br)c2)c1C. The van der Waals surface area contributed by atoms with Gasteiger partial charge in [0.05, 0.1) is 4.47 Å². The van der Waals surface area contributed by atoms with Crippen LogP contribution in [0.1, 0.15) is 22.3 Å². The van der Waals surface area contributed by atoms with Crippen LogP contribution in [0.25, 0.3) is 0 Å². The van der Waals surface area contributed by atoms with E-state index in [1.807, 2.05) is 30.3 Å². The van der Waals surface area contributed by atoms with Crippen molar-refractivity contribution in [3.8, 4) is 5.75 Å². The van der Waals surface area contributed by atoms with Crippen molar-refractivity contribution in [3.05, 3.63) is 92.4 Å². The van der Waals surface area contributed by atoms with Crippen molar-refractivity contribution < 1.29 is 4.74 Å². The Morgan fingerprint density at radius 3 is 2.42 bits per heavy atom. The topological polar surface area (TPSA) is 21.3 Å². The molecular formula is C22H21BrClNO. The van der Waals surface area contributed by atoms with Crippen LogP contribution in [0.15, 0.2) is 65.1 Å². The Hall–Kier alpha value is -1.97. The van der Waals surface area contributed by atoms with Crippen LogP contribution < -0.4 is 10.1 Å². The van der Waals surface area contributed by atoms with Crippen molar-refractivity contribution in [3.63, 3.8) is 0 Å². The molecule has 3 rings (SSSR count). The molecule has 0 saturated heterocycles. The van der Waals surface area contributed by atoms with E-state index in [2.05, 4.69) is 65.4 Å². The second-order valence-electron chi connectivity index (χ2n) is 6.28. The lowest BCUT2D eigenvalue weighted by Gasteiger charge is -2.13. The number of hydrogen-bond donors (Lipinski definition) is 1. The maximum absolute atomic E-state index is 5.91. The molecule has 0 saturated carbocycles. The molecule has 0 unspecified atom stereocenters. The maximum atomic E-state index is 5.91. The molecule has 0 amide bonds. The smallest absolute Gasteiger partial charge is 0.134 e. The highest BCUT2D eigenvalue weighted by Gasteiger charge is 2.05. The number of halogens is 2. The van der Waals surface area contributed by atoms with Crippen molar-refractivity contribution in [1.29, 1.82) is 0 Å². The Balaban J connectivity index is 1.61. The van der Waals surface area contributed by atoms with Crippen molar-refractivity contribution in [1.82, 2.24) is 0 Å². The van der Waals surface area contributed by atoms with E-state index in [1.54, 1.807) is 0 Å². The first kappa shape index (κ1) is 18.8. The molecule has 0 aliphatic carbocycles. The summed E-state index contributed by atoms with van der Waals surface area (Å²) in [6.07, 6.45) is 0. The summed E-state index contributed by atoms with van der Waals surface area (Å²) in [5.41, 5.74) is 6.03. The monoisotopic (exact) mass is 429 g/mol. The zero-order valence-corrected chi connectivity index (χ0v) is 17.2. The van der Waals surface area contributed by atoms with Gasteiger partial charge in [0.2, 0.25) is 0 Å². The minimum Gasteiger partial charge on any atom is -0.488 e. The number of aryl methyl sites for hydroxylation is 1. The third-order valence-corrected chi connectivity index (χ3v) is 5.26. The average molecular weight is 431 g/mol. The summed E-state index contributed by atoms with van der Waals surface area (Å²) in [5.74, 6) is 0.829. The Labute approximate surface area is 168 Å². The molecule has 0 aliphatic heterocycles.